The maximum absolute atomic E-state index is 10.1. The van der Waals surface area contributed by atoms with E-state index in [2.05, 4.69) is 31.9 Å². The Hall–Kier alpha value is -0.550. The van der Waals surface area contributed by atoms with Crippen LogP contribution >= 0.6 is 43.5 Å². The lowest BCUT2D eigenvalue weighted by atomic mass is 10.1. The van der Waals surface area contributed by atoms with Crippen LogP contribution in [-0.2, 0) is 0 Å². The monoisotopic (exact) mass is 404 g/mol. The lowest BCUT2D eigenvalue weighted by Gasteiger charge is -2.14. The molecular weight excluding hydrogens is 395 g/mol. The van der Waals surface area contributed by atoms with Crippen LogP contribution in [0.1, 0.15) is 11.7 Å². The molecule has 5 heteroatoms. The Labute approximate surface area is 133 Å². The van der Waals surface area contributed by atoms with Crippen LogP contribution < -0.4 is 4.74 Å². The second-order valence-corrected chi connectivity index (χ2v) is 6.07. The molecule has 0 amide bonds. The van der Waals surface area contributed by atoms with Crippen molar-refractivity contribution in [3.05, 3.63) is 62.0 Å². The second kappa shape index (κ2) is 6.75. The molecule has 0 aromatic heterocycles. The SMILES string of the molecule is OC(COc1c(Br)cccc1Br)c1ccc(Cl)cc1. The lowest BCUT2D eigenvalue weighted by Crippen LogP contribution is -2.10. The Morgan fingerprint density at radius 1 is 1.05 bits per heavy atom. The van der Waals surface area contributed by atoms with Gasteiger partial charge in [-0.25, -0.2) is 0 Å². The minimum absolute atomic E-state index is 0.169. The summed E-state index contributed by atoms with van der Waals surface area (Å²) >= 11 is 12.6. The molecule has 0 aliphatic carbocycles. The van der Waals surface area contributed by atoms with Crippen LogP contribution in [0.3, 0.4) is 0 Å². The molecule has 19 heavy (non-hydrogen) atoms. The van der Waals surface area contributed by atoms with E-state index < -0.39 is 6.10 Å². The molecule has 0 heterocycles. The first-order valence-corrected chi connectivity index (χ1v) is 7.54. The number of halogens is 3. The van der Waals surface area contributed by atoms with Crippen LogP contribution in [0.25, 0.3) is 0 Å². The van der Waals surface area contributed by atoms with Crippen molar-refractivity contribution in [2.75, 3.05) is 6.61 Å². The number of rotatable bonds is 4. The van der Waals surface area contributed by atoms with Crippen LogP contribution in [0.15, 0.2) is 51.4 Å². The van der Waals surface area contributed by atoms with E-state index in [-0.39, 0.29) is 6.61 Å². The molecule has 0 spiro atoms. The molecule has 2 aromatic rings. The lowest BCUT2D eigenvalue weighted by molar-refractivity contribution is 0.107. The first-order valence-electron chi connectivity index (χ1n) is 5.58. The highest BCUT2D eigenvalue weighted by molar-refractivity contribution is 9.11. The van der Waals surface area contributed by atoms with Gasteiger partial charge in [-0.3, -0.25) is 0 Å². The van der Waals surface area contributed by atoms with Gasteiger partial charge in [-0.2, -0.15) is 0 Å². The summed E-state index contributed by atoms with van der Waals surface area (Å²) < 4.78 is 7.31. The fourth-order valence-electron chi connectivity index (χ4n) is 1.56. The molecule has 100 valence electrons. The van der Waals surface area contributed by atoms with Gasteiger partial charge in [0.2, 0.25) is 0 Å². The molecule has 2 aromatic carbocycles. The fourth-order valence-corrected chi connectivity index (χ4v) is 2.92. The fraction of sp³-hybridized carbons (Fsp3) is 0.143. The van der Waals surface area contributed by atoms with E-state index in [0.717, 1.165) is 14.5 Å². The number of ether oxygens (including phenoxy) is 1. The van der Waals surface area contributed by atoms with Crippen molar-refractivity contribution in [2.24, 2.45) is 0 Å². The van der Waals surface area contributed by atoms with Gasteiger partial charge in [0.15, 0.2) is 0 Å². The molecule has 0 aliphatic heterocycles. The zero-order valence-electron chi connectivity index (χ0n) is 9.82. The Kier molecular flexibility index (Phi) is 5.28. The largest absolute Gasteiger partial charge is 0.488 e. The Balaban J connectivity index is 2.04. The number of hydrogen-bond acceptors (Lipinski definition) is 2. The van der Waals surface area contributed by atoms with Gasteiger partial charge in [0, 0.05) is 5.02 Å². The molecule has 1 atom stereocenters. The minimum atomic E-state index is -0.698. The van der Waals surface area contributed by atoms with Crippen molar-refractivity contribution in [1.29, 1.82) is 0 Å². The van der Waals surface area contributed by atoms with Crippen LogP contribution in [0.2, 0.25) is 5.02 Å². The zero-order chi connectivity index (χ0) is 13.8. The summed E-state index contributed by atoms with van der Waals surface area (Å²) in [5.41, 5.74) is 0.771. The number of aliphatic hydroxyl groups is 1. The summed E-state index contributed by atoms with van der Waals surface area (Å²) in [4.78, 5) is 0. The standard InChI is InChI=1S/C14H11Br2ClO2/c15-11-2-1-3-12(16)14(11)19-8-13(18)9-4-6-10(17)7-5-9/h1-7,13,18H,8H2. The molecule has 0 saturated carbocycles. The second-order valence-electron chi connectivity index (χ2n) is 3.93. The number of hydrogen-bond donors (Lipinski definition) is 1. The topological polar surface area (TPSA) is 29.5 Å². The molecule has 0 fully saturated rings. The maximum Gasteiger partial charge on any atom is 0.147 e. The third-order valence-electron chi connectivity index (χ3n) is 2.56. The maximum atomic E-state index is 10.1. The third kappa shape index (κ3) is 3.96. The summed E-state index contributed by atoms with van der Waals surface area (Å²) in [5.74, 6) is 0.676. The molecule has 0 radical (unpaired) electrons. The molecule has 1 N–H and O–H groups in total. The van der Waals surface area contributed by atoms with Crippen molar-refractivity contribution < 1.29 is 9.84 Å². The predicted octanol–water partition coefficient (Wildman–Crippen LogP) is 4.98. The predicted molar refractivity (Wildman–Crippen MR) is 83.7 cm³/mol. The van der Waals surface area contributed by atoms with Gasteiger partial charge in [0.1, 0.15) is 18.5 Å². The highest BCUT2D eigenvalue weighted by atomic mass is 79.9. The summed E-state index contributed by atoms with van der Waals surface area (Å²) in [6, 6.07) is 12.7. The van der Waals surface area contributed by atoms with Gasteiger partial charge >= 0.3 is 0 Å². The highest BCUT2D eigenvalue weighted by Gasteiger charge is 2.11. The number of para-hydroxylation sites is 1. The van der Waals surface area contributed by atoms with Crippen molar-refractivity contribution >= 4 is 43.5 Å². The first-order chi connectivity index (χ1) is 9.08. The third-order valence-corrected chi connectivity index (χ3v) is 4.06. The average Bonchev–Trinajstić information content (AvgIpc) is 2.38. The van der Waals surface area contributed by atoms with Gasteiger partial charge in [0.05, 0.1) is 8.95 Å². The van der Waals surface area contributed by atoms with E-state index in [4.69, 9.17) is 16.3 Å². The van der Waals surface area contributed by atoms with Gasteiger partial charge in [0.25, 0.3) is 0 Å². The Bertz CT molecular complexity index is 538. The zero-order valence-corrected chi connectivity index (χ0v) is 13.7. The van der Waals surface area contributed by atoms with E-state index in [1.54, 1.807) is 24.3 Å². The molecular formula is C14H11Br2ClO2. The van der Waals surface area contributed by atoms with E-state index in [9.17, 15) is 5.11 Å². The van der Waals surface area contributed by atoms with Gasteiger partial charge in [-0.05, 0) is 61.7 Å². The summed E-state index contributed by atoms with van der Waals surface area (Å²) in [5, 5.41) is 10.7. The van der Waals surface area contributed by atoms with Crippen LogP contribution in [-0.4, -0.2) is 11.7 Å². The molecule has 0 saturated heterocycles. The highest BCUT2D eigenvalue weighted by Crippen LogP contribution is 2.33. The summed E-state index contributed by atoms with van der Waals surface area (Å²) in [6.45, 7) is 0.169. The normalized spacial score (nSPS) is 12.2. The Morgan fingerprint density at radius 3 is 2.21 bits per heavy atom. The van der Waals surface area contributed by atoms with E-state index in [1.807, 2.05) is 18.2 Å². The molecule has 0 bridgehead atoms. The summed E-state index contributed by atoms with van der Waals surface area (Å²) in [7, 11) is 0. The first kappa shape index (κ1) is 14.9. The van der Waals surface area contributed by atoms with Crippen LogP contribution in [0.4, 0.5) is 0 Å². The van der Waals surface area contributed by atoms with E-state index in [0.29, 0.717) is 10.8 Å². The number of benzene rings is 2. The van der Waals surface area contributed by atoms with Gasteiger partial charge in [-0.15, -0.1) is 0 Å². The van der Waals surface area contributed by atoms with Crippen molar-refractivity contribution in [3.63, 3.8) is 0 Å². The molecule has 1 unspecified atom stereocenters. The van der Waals surface area contributed by atoms with E-state index in [1.165, 1.54) is 0 Å². The quantitative estimate of drug-likeness (QED) is 0.776. The summed E-state index contributed by atoms with van der Waals surface area (Å²) in [6.07, 6.45) is -0.698. The molecule has 2 nitrogen and oxygen atoms in total. The molecule has 0 aliphatic rings. The van der Waals surface area contributed by atoms with Crippen molar-refractivity contribution in [3.8, 4) is 5.75 Å². The van der Waals surface area contributed by atoms with Gasteiger partial charge in [-0.1, -0.05) is 29.8 Å². The Morgan fingerprint density at radius 2 is 1.63 bits per heavy atom. The van der Waals surface area contributed by atoms with Crippen LogP contribution in [0.5, 0.6) is 5.75 Å². The van der Waals surface area contributed by atoms with Crippen LogP contribution in [0, 0.1) is 0 Å². The van der Waals surface area contributed by atoms with Gasteiger partial charge < -0.3 is 9.84 Å². The minimum Gasteiger partial charge on any atom is -0.488 e. The number of aliphatic hydroxyl groups excluding tert-OH is 1. The smallest absolute Gasteiger partial charge is 0.147 e. The van der Waals surface area contributed by atoms with E-state index >= 15 is 0 Å². The molecule has 2 rings (SSSR count). The van der Waals surface area contributed by atoms with Crippen molar-refractivity contribution in [2.45, 2.75) is 6.10 Å². The van der Waals surface area contributed by atoms with Crippen molar-refractivity contribution in [1.82, 2.24) is 0 Å². The average molecular weight is 407 g/mol.